The Morgan fingerprint density at radius 1 is 1.32 bits per heavy atom. The van der Waals surface area contributed by atoms with Crippen molar-refractivity contribution >= 4 is 11.5 Å². The lowest BCUT2D eigenvalue weighted by atomic mass is 9.93. The van der Waals surface area contributed by atoms with Gasteiger partial charge in [0.25, 0.3) is 0 Å². The molecule has 6 nitrogen and oxygen atoms in total. The van der Waals surface area contributed by atoms with Crippen LogP contribution in [0.25, 0.3) is 0 Å². The molecule has 3 heterocycles. The van der Waals surface area contributed by atoms with Crippen molar-refractivity contribution in [1.29, 1.82) is 0 Å². The SMILES string of the molecule is CC(C)Oc1ccc(N2CCC(c3cc(N)[nH]n3)CC2)cn1. The van der Waals surface area contributed by atoms with Crippen LogP contribution in [-0.2, 0) is 0 Å². The summed E-state index contributed by atoms with van der Waals surface area (Å²) in [7, 11) is 0. The normalized spacial score (nSPS) is 16.2. The number of rotatable bonds is 4. The molecule has 0 spiro atoms. The third-order valence-electron chi connectivity index (χ3n) is 3.97. The zero-order chi connectivity index (χ0) is 15.5. The van der Waals surface area contributed by atoms with Gasteiger partial charge in [-0.05, 0) is 32.8 Å². The number of nitrogens with one attached hydrogen (secondary N) is 1. The van der Waals surface area contributed by atoms with Crippen LogP contribution in [-0.4, -0.2) is 34.4 Å². The summed E-state index contributed by atoms with van der Waals surface area (Å²) in [5, 5.41) is 7.10. The highest BCUT2D eigenvalue weighted by Crippen LogP contribution is 2.30. The van der Waals surface area contributed by atoms with E-state index in [4.69, 9.17) is 10.5 Å². The third-order valence-corrected chi connectivity index (χ3v) is 3.97. The second kappa shape index (κ2) is 6.25. The fraction of sp³-hybridized carbons (Fsp3) is 0.500. The summed E-state index contributed by atoms with van der Waals surface area (Å²) in [5.74, 6) is 1.81. The lowest BCUT2D eigenvalue weighted by Crippen LogP contribution is -2.33. The van der Waals surface area contributed by atoms with Gasteiger partial charge in [0, 0.05) is 31.1 Å². The third kappa shape index (κ3) is 3.32. The maximum absolute atomic E-state index is 5.70. The van der Waals surface area contributed by atoms with Gasteiger partial charge in [0.15, 0.2) is 0 Å². The van der Waals surface area contributed by atoms with Gasteiger partial charge in [0.05, 0.1) is 23.7 Å². The molecule has 6 heteroatoms. The van der Waals surface area contributed by atoms with Crippen molar-refractivity contribution < 1.29 is 4.74 Å². The van der Waals surface area contributed by atoms with E-state index in [1.165, 1.54) is 0 Å². The molecule has 0 unspecified atom stereocenters. The first-order chi connectivity index (χ1) is 10.6. The second-order valence-corrected chi connectivity index (χ2v) is 6.03. The minimum atomic E-state index is 0.149. The average Bonchev–Trinajstić information content (AvgIpc) is 2.94. The highest BCUT2D eigenvalue weighted by atomic mass is 16.5. The van der Waals surface area contributed by atoms with Crippen molar-refractivity contribution in [3.05, 3.63) is 30.1 Å². The molecule has 22 heavy (non-hydrogen) atoms. The molecule has 2 aromatic heterocycles. The average molecular weight is 301 g/mol. The van der Waals surface area contributed by atoms with Crippen LogP contribution < -0.4 is 15.4 Å². The molecule has 3 rings (SSSR count). The van der Waals surface area contributed by atoms with Gasteiger partial charge in [0.1, 0.15) is 5.82 Å². The molecule has 0 amide bonds. The van der Waals surface area contributed by atoms with Crippen LogP contribution in [0, 0.1) is 0 Å². The lowest BCUT2D eigenvalue weighted by Gasteiger charge is -2.32. The summed E-state index contributed by atoms with van der Waals surface area (Å²) in [5.41, 5.74) is 7.93. The highest BCUT2D eigenvalue weighted by Gasteiger charge is 2.22. The number of hydrogen-bond acceptors (Lipinski definition) is 5. The van der Waals surface area contributed by atoms with Gasteiger partial charge in [-0.2, -0.15) is 5.10 Å². The molecular formula is C16H23N5O. The quantitative estimate of drug-likeness (QED) is 0.907. The number of nitrogen functional groups attached to an aromatic ring is 1. The molecule has 2 aromatic rings. The summed E-state index contributed by atoms with van der Waals surface area (Å²) in [6.45, 7) is 6.01. The Labute approximate surface area is 130 Å². The van der Waals surface area contributed by atoms with Gasteiger partial charge in [-0.1, -0.05) is 0 Å². The van der Waals surface area contributed by atoms with Gasteiger partial charge in [-0.15, -0.1) is 0 Å². The Kier molecular flexibility index (Phi) is 4.18. The molecular weight excluding hydrogens is 278 g/mol. The molecule has 0 aromatic carbocycles. The molecule has 0 aliphatic carbocycles. The van der Waals surface area contributed by atoms with Crippen LogP contribution in [0.5, 0.6) is 5.88 Å². The first-order valence-corrected chi connectivity index (χ1v) is 7.80. The van der Waals surface area contributed by atoms with E-state index in [0.29, 0.717) is 17.6 Å². The minimum Gasteiger partial charge on any atom is -0.475 e. The Hall–Kier alpha value is -2.24. The van der Waals surface area contributed by atoms with Crippen LogP contribution in [0.15, 0.2) is 24.4 Å². The van der Waals surface area contributed by atoms with Gasteiger partial charge in [0.2, 0.25) is 5.88 Å². The predicted octanol–water partition coefficient (Wildman–Crippen LogP) is 2.56. The van der Waals surface area contributed by atoms with Crippen LogP contribution in [0.2, 0.25) is 0 Å². The fourth-order valence-corrected chi connectivity index (χ4v) is 2.87. The van der Waals surface area contributed by atoms with E-state index in [1.807, 2.05) is 32.2 Å². The van der Waals surface area contributed by atoms with E-state index in [9.17, 15) is 0 Å². The highest BCUT2D eigenvalue weighted by molar-refractivity contribution is 5.46. The van der Waals surface area contributed by atoms with Gasteiger partial charge < -0.3 is 15.4 Å². The standard InChI is InChI=1S/C16H23N5O/c1-11(2)22-16-4-3-13(10-18-16)21-7-5-12(6-8-21)14-9-15(17)20-19-14/h3-4,9-12H,5-8H2,1-2H3,(H3,17,19,20). The maximum Gasteiger partial charge on any atom is 0.213 e. The topological polar surface area (TPSA) is 80.1 Å². The molecule has 1 aliphatic rings. The van der Waals surface area contributed by atoms with Crippen LogP contribution in [0.1, 0.15) is 38.3 Å². The molecule has 0 bridgehead atoms. The number of nitrogens with zero attached hydrogens (tertiary/aromatic N) is 3. The number of H-pyrrole nitrogens is 1. The number of anilines is 2. The smallest absolute Gasteiger partial charge is 0.213 e. The Morgan fingerprint density at radius 3 is 2.64 bits per heavy atom. The van der Waals surface area contributed by atoms with E-state index < -0.39 is 0 Å². The number of ether oxygens (including phenoxy) is 1. The van der Waals surface area contributed by atoms with Crippen molar-refractivity contribution in [2.75, 3.05) is 23.7 Å². The van der Waals surface area contributed by atoms with Crippen molar-refractivity contribution in [1.82, 2.24) is 15.2 Å². The molecule has 1 fully saturated rings. The maximum atomic E-state index is 5.70. The lowest BCUT2D eigenvalue weighted by molar-refractivity contribution is 0.232. The summed E-state index contributed by atoms with van der Waals surface area (Å²) >= 11 is 0. The Bertz CT molecular complexity index is 599. The molecule has 3 N–H and O–H groups in total. The van der Waals surface area contributed by atoms with Crippen molar-refractivity contribution in [2.45, 2.75) is 38.7 Å². The molecule has 1 saturated heterocycles. The zero-order valence-electron chi connectivity index (χ0n) is 13.1. The van der Waals surface area contributed by atoms with Gasteiger partial charge in [-0.25, -0.2) is 4.98 Å². The number of piperidine rings is 1. The molecule has 0 atom stereocenters. The van der Waals surface area contributed by atoms with Crippen LogP contribution in [0.4, 0.5) is 11.5 Å². The predicted molar refractivity (Wildman–Crippen MR) is 87.2 cm³/mol. The molecule has 0 saturated carbocycles. The molecule has 118 valence electrons. The first kappa shape index (κ1) is 14.7. The summed E-state index contributed by atoms with van der Waals surface area (Å²) < 4.78 is 5.58. The second-order valence-electron chi connectivity index (χ2n) is 6.03. The van der Waals surface area contributed by atoms with Crippen LogP contribution >= 0.6 is 0 Å². The van der Waals surface area contributed by atoms with Crippen molar-refractivity contribution in [3.8, 4) is 5.88 Å². The van der Waals surface area contributed by atoms with E-state index in [0.717, 1.165) is 37.3 Å². The molecule has 0 radical (unpaired) electrons. The van der Waals surface area contributed by atoms with Gasteiger partial charge in [-0.3, -0.25) is 5.10 Å². The molecule has 1 aliphatic heterocycles. The van der Waals surface area contributed by atoms with Crippen molar-refractivity contribution in [2.24, 2.45) is 0 Å². The van der Waals surface area contributed by atoms with E-state index in [2.05, 4.69) is 26.1 Å². The number of hydrogen-bond donors (Lipinski definition) is 2. The Balaban J connectivity index is 1.59. The van der Waals surface area contributed by atoms with E-state index >= 15 is 0 Å². The minimum absolute atomic E-state index is 0.149. The van der Waals surface area contributed by atoms with Crippen LogP contribution in [0.3, 0.4) is 0 Å². The van der Waals surface area contributed by atoms with E-state index in [1.54, 1.807) is 0 Å². The van der Waals surface area contributed by atoms with E-state index in [-0.39, 0.29) is 6.10 Å². The van der Waals surface area contributed by atoms with Crippen molar-refractivity contribution in [3.63, 3.8) is 0 Å². The zero-order valence-corrected chi connectivity index (χ0v) is 13.1. The summed E-state index contributed by atoms with van der Waals surface area (Å²) in [4.78, 5) is 6.74. The number of aromatic amines is 1. The summed E-state index contributed by atoms with van der Waals surface area (Å²) in [6, 6.07) is 5.97. The fourth-order valence-electron chi connectivity index (χ4n) is 2.87. The number of pyridine rings is 1. The summed E-state index contributed by atoms with van der Waals surface area (Å²) in [6.07, 6.45) is 4.20. The first-order valence-electron chi connectivity index (χ1n) is 7.80. The largest absolute Gasteiger partial charge is 0.475 e. The number of aromatic nitrogens is 3. The Morgan fingerprint density at radius 2 is 2.09 bits per heavy atom. The van der Waals surface area contributed by atoms with Gasteiger partial charge >= 0.3 is 0 Å². The number of nitrogens with two attached hydrogens (primary N) is 1. The monoisotopic (exact) mass is 301 g/mol.